The number of amides is 2. The third kappa shape index (κ3) is 4.69. The van der Waals surface area contributed by atoms with Gasteiger partial charge in [-0.3, -0.25) is 0 Å². The predicted molar refractivity (Wildman–Crippen MR) is 91.3 cm³/mol. The van der Waals surface area contributed by atoms with Crippen molar-refractivity contribution in [3.05, 3.63) is 23.2 Å². The highest BCUT2D eigenvalue weighted by molar-refractivity contribution is 7.99. The Morgan fingerprint density at radius 3 is 2.95 bits per heavy atom. The number of urea groups is 1. The van der Waals surface area contributed by atoms with E-state index in [2.05, 4.69) is 5.32 Å². The van der Waals surface area contributed by atoms with Crippen molar-refractivity contribution in [3.63, 3.8) is 0 Å². The molecule has 0 aliphatic carbocycles. The lowest BCUT2D eigenvalue weighted by Gasteiger charge is -2.24. The highest BCUT2D eigenvalue weighted by Crippen LogP contribution is 2.28. The Kier molecular flexibility index (Phi) is 6.67. The van der Waals surface area contributed by atoms with Gasteiger partial charge in [0, 0.05) is 31.6 Å². The van der Waals surface area contributed by atoms with E-state index in [0.717, 1.165) is 17.9 Å². The van der Waals surface area contributed by atoms with Crippen LogP contribution in [0.2, 0.25) is 5.02 Å². The van der Waals surface area contributed by atoms with Crippen LogP contribution in [0.25, 0.3) is 0 Å². The van der Waals surface area contributed by atoms with E-state index in [9.17, 15) is 4.79 Å². The summed E-state index contributed by atoms with van der Waals surface area (Å²) in [5.74, 6) is 2.69. The van der Waals surface area contributed by atoms with Crippen LogP contribution in [0.1, 0.15) is 6.42 Å². The molecule has 0 radical (unpaired) electrons. The first kappa shape index (κ1) is 17.2. The van der Waals surface area contributed by atoms with Gasteiger partial charge in [-0.2, -0.15) is 11.8 Å². The van der Waals surface area contributed by atoms with Crippen molar-refractivity contribution in [2.24, 2.45) is 0 Å². The summed E-state index contributed by atoms with van der Waals surface area (Å²) in [4.78, 5) is 14.0. The Hall–Kier alpha value is -1.11. The van der Waals surface area contributed by atoms with E-state index in [1.165, 1.54) is 0 Å². The molecule has 7 heteroatoms. The number of benzene rings is 1. The summed E-state index contributed by atoms with van der Waals surface area (Å²) in [5, 5.41) is 3.33. The van der Waals surface area contributed by atoms with Crippen molar-refractivity contribution >= 4 is 35.1 Å². The maximum absolute atomic E-state index is 12.2. The van der Waals surface area contributed by atoms with Gasteiger partial charge >= 0.3 is 6.03 Å². The van der Waals surface area contributed by atoms with Crippen molar-refractivity contribution in [1.82, 2.24) is 4.90 Å². The number of halogens is 1. The average molecular weight is 345 g/mol. The second kappa shape index (κ2) is 8.50. The number of anilines is 1. The zero-order valence-electron chi connectivity index (χ0n) is 12.8. The van der Waals surface area contributed by atoms with Crippen LogP contribution in [0, 0.1) is 0 Å². The van der Waals surface area contributed by atoms with Gasteiger partial charge in [0.05, 0.1) is 11.6 Å². The van der Waals surface area contributed by atoms with Crippen LogP contribution in [0.4, 0.5) is 10.5 Å². The van der Waals surface area contributed by atoms with Gasteiger partial charge in [0.25, 0.3) is 0 Å². The lowest BCUT2D eigenvalue weighted by atomic mass is 10.2. The third-order valence-corrected chi connectivity index (χ3v) is 4.94. The van der Waals surface area contributed by atoms with E-state index in [0.29, 0.717) is 35.7 Å². The van der Waals surface area contributed by atoms with E-state index < -0.39 is 0 Å². The number of nitrogens with zero attached hydrogens (tertiary/aromatic N) is 1. The Bertz CT molecular complexity index is 510. The molecule has 1 aromatic carbocycles. The summed E-state index contributed by atoms with van der Waals surface area (Å²) in [6.45, 7) is 0.934. The molecule has 1 heterocycles. The lowest BCUT2D eigenvalue weighted by molar-refractivity contribution is 0.146. The number of nitrogens with one attached hydrogen (secondary N) is 1. The minimum Gasteiger partial charge on any atom is -0.490 e. The standard InChI is InChI=1S/C15H21ClN2O3S/c1-18(12-5-8-22-10-12)15(19)17-11-3-4-14(13(16)9-11)21-7-6-20-2/h3-4,9,12H,5-8,10H2,1-2H3,(H,17,19)/t12-/m0/s1. The SMILES string of the molecule is COCCOc1ccc(NC(=O)N(C)[C@H]2CCSC2)cc1Cl. The molecule has 1 atom stereocenters. The van der Waals surface area contributed by atoms with Crippen LogP contribution in [0.3, 0.4) is 0 Å². The molecule has 22 heavy (non-hydrogen) atoms. The maximum Gasteiger partial charge on any atom is 0.321 e. The number of carbonyl (C=O) groups excluding carboxylic acids is 1. The molecule has 1 aliphatic heterocycles. The average Bonchev–Trinajstić information content (AvgIpc) is 3.03. The van der Waals surface area contributed by atoms with Crippen LogP contribution in [-0.4, -0.2) is 55.8 Å². The maximum atomic E-state index is 12.2. The van der Waals surface area contributed by atoms with Crippen LogP contribution >= 0.6 is 23.4 Å². The van der Waals surface area contributed by atoms with Crippen LogP contribution in [-0.2, 0) is 4.74 Å². The van der Waals surface area contributed by atoms with Crippen molar-refractivity contribution < 1.29 is 14.3 Å². The number of hydrogen-bond donors (Lipinski definition) is 1. The normalized spacial score (nSPS) is 17.3. The van der Waals surface area contributed by atoms with Gasteiger partial charge in [0.2, 0.25) is 0 Å². The minimum absolute atomic E-state index is 0.114. The lowest BCUT2D eigenvalue weighted by Crippen LogP contribution is -2.39. The van der Waals surface area contributed by atoms with Gasteiger partial charge in [-0.05, 0) is 30.4 Å². The molecule has 0 unspecified atom stereocenters. The van der Waals surface area contributed by atoms with E-state index >= 15 is 0 Å². The first-order valence-electron chi connectivity index (χ1n) is 7.14. The third-order valence-electron chi connectivity index (χ3n) is 3.50. The second-order valence-corrected chi connectivity index (χ2v) is 6.60. The smallest absolute Gasteiger partial charge is 0.321 e. The van der Waals surface area contributed by atoms with Crippen LogP contribution in [0.5, 0.6) is 5.75 Å². The Morgan fingerprint density at radius 1 is 1.50 bits per heavy atom. The summed E-state index contributed by atoms with van der Waals surface area (Å²) in [5.41, 5.74) is 0.659. The topological polar surface area (TPSA) is 50.8 Å². The molecule has 1 N–H and O–H groups in total. The Labute approximate surface area is 140 Å². The van der Waals surface area contributed by atoms with Gasteiger partial charge in [-0.25, -0.2) is 4.79 Å². The van der Waals surface area contributed by atoms with Gasteiger partial charge in [0.1, 0.15) is 12.4 Å². The molecular formula is C15H21ClN2O3S. The molecule has 1 aromatic rings. The highest BCUT2D eigenvalue weighted by atomic mass is 35.5. The van der Waals surface area contributed by atoms with E-state index in [-0.39, 0.29) is 6.03 Å². The first-order valence-corrected chi connectivity index (χ1v) is 8.68. The van der Waals surface area contributed by atoms with E-state index in [4.69, 9.17) is 21.1 Å². The summed E-state index contributed by atoms with van der Waals surface area (Å²) < 4.78 is 10.4. The van der Waals surface area contributed by atoms with Crippen molar-refractivity contribution in [2.45, 2.75) is 12.5 Å². The van der Waals surface area contributed by atoms with E-state index in [1.54, 1.807) is 30.2 Å². The second-order valence-electron chi connectivity index (χ2n) is 5.04. The monoisotopic (exact) mass is 344 g/mol. The van der Waals surface area contributed by atoms with E-state index in [1.807, 2.05) is 18.8 Å². The summed E-state index contributed by atoms with van der Waals surface area (Å²) >= 11 is 8.04. The van der Waals surface area contributed by atoms with Crippen LogP contribution < -0.4 is 10.1 Å². The van der Waals surface area contributed by atoms with Gasteiger partial charge in [-0.1, -0.05) is 11.6 Å². The molecule has 0 saturated carbocycles. The first-order chi connectivity index (χ1) is 10.6. The number of rotatable bonds is 6. The molecule has 2 amide bonds. The minimum atomic E-state index is -0.114. The predicted octanol–water partition coefficient (Wildman–Crippen LogP) is 3.33. The molecule has 122 valence electrons. The largest absolute Gasteiger partial charge is 0.490 e. The molecule has 2 rings (SSSR count). The molecule has 0 spiro atoms. The summed E-state index contributed by atoms with van der Waals surface area (Å²) in [7, 11) is 3.44. The van der Waals surface area contributed by atoms with Crippen molar-refractivity contribution in [3.8, 4) is 5.75 Å². The zero-order chi connectivity index (χ0) is 15.9. The molecule has 0 bridgehead atoms. The van der Waals surface area contributed by atoms with Gasteiger partial charge in [-0.15, -0.1) is 0 Å². The number of hydrogen-bond acceptors (Lipinski definition) is 4. The van der Waals surface area contributed by atoms with Crippen molar-refractivity contribution in [1.29, 1.82) is 0 Å². The number of methoxy groups -OCH3 is 1. The van der Waals surface area contributed by atoms with Crippen LogP contribution in [0.15, 0.2) is 18.2 Å². The molecule has 1 saturated heterocycles. The highest BCUT2D eigenvalue weighted by Gasteiger charge is 2.23. The molecule has 1 aliphatic rings. The molecular weight excluding hydrogens is 324 g/mol. The number of carbonyl (C=O) groups is 1. The fraction of sp³-hybridized carbons (Fsp3) is 0.533. The van der Waals surface area contributed by atoms with Gasteiger partial charge in [0.15, 0.2) is 0 Å². The number of thioether (sulfide) groups is 1. The zero-order valence-corrected chi connectivity index (χ0v) is 14.4. The summed E-state index contributed by atoms with van der Waals surface area (Å²) in [6, 6.07) is 5.41. The quantitative estimate of drug-likeness (QED) is 0.804. The molecule has 1 fully saturated rings. The van der Waals surface area contributed by atoms with Crippen molar-refractivity contribution in [2.75, 3.05) is 44.2 Å². The van der Waals surface area contributed by atoms with Gasteiger partial charge < -0.3 is 19.7 Å². The Balaban J connectivity index is 1.92. The molecule has 5 nitrogen and oxygen atoms in total. The fourth-order valence-electron chi connectivity index (χ4n) is 2.14. The fourth-order valence-corrected chi connectivity index (χ4v) is 3.64. The summed E-state index contributed by atoms with van der Waals surface area (Å²) in [6.07, 6.45) is 1.04. The number of ether oxygens (including phenoxy) is 2. The molecule has 0 aromatic heterocycles. The Morgan fingerprint density at radius 2 is 2.32 bits per heavy atom.